The molecule has 0 unspecified atom stereocenters. The molecule has 0 atom stereocenters. The quantitative estimate of drug-likeness (QED) is 0.842. The number of rotatable bonds is 4. The lowest BCUT2D eigenvalue weighted by Crippen LogP contribution is -2.19. The Labute approximate surface area is 110 Å². The number of carbonyl (C=O) groups is 1. The van der Waals surface area contributed by atoms with E-state index in [1.807, 2.05) is 18.2 Å². The molecule has 2 rings (SSSR count). The van der Waals surface area contributed by atoms with Gasteiger partial charge in [-0.3, -0.25) is 4.79 Å². The van der Waals surface area contributed by atoms with E-state index in [2.05, 4.69) is 13.8 Å². The second-order valence-electron chi connectivity index (χ2n) is 4.70. The van der Waals surface area contributed by atoms with E-state index in [1.165, 1.54) is 0 Å². The lowest BCUT2D eigenvalue weighted by atomic mass is 9.96. The number of carboxylic acid groups (broad SMARTS) is 1. The molecule has 1 aromatic carbocycles. The van der Waals surface area contributed by atoms with Gasteiger partial charge in [-0.25, -0.2) is 0 Å². The fourth-order valence-electron chi connectivity index (χ4n) is 1.90. The highest BCUT2D eigenvalue weighted by atomic mass is 35.5. The van der Waals surface area contributed by atoms with Crippen molar-refractivity contribution < 1.29 is 9.90 Å². The molecular weight excluding hydrogens is 256 g/mol. The molecule has 0 amide bonds. The van der Waals surface area contributed by atoms with Crippen LogP contribution in [0.1, 0.15) is 32.3 Å². The maximum Gasteiger partial charge on any atom is 0.314 e. The van der Waals surface area contributed by atoms with Crippen LogP contribution in [0.5, 0.6) is 0 Å². The van der Waals surface area contributed by atoms with Crippen molar-refractivity contribution >= 4 is 29.3 Å². The molecule has 1 saturated carbocycles. The van der Waals surface area contributed by atoms with Crippen molar-refractivity contribution in [3.05, 3.63) is 28.8 Å². The number of aliphatic carboxylic acids is 1. The Morgan fingerprint density at radius 3 is 2.53 bits per heavy atom. The molecule has 17 heavy (non-hydrogen) atoms. The van der Waals surface area contributed by atoms with Gasteiger partial charge in [0.15, 0.2) is 0 Å². The minimum Gasteiger partial charge on any atom is -0.481 e. The minimum atomic E-state index is -0.738. The molecule has 1 fully saturated rings. The summed E-state index contributed by atoms with van der Waals surface area (Å²) in [6.45, 7) is 4.21. The van der Waals surface area contributed by atoms with E-state index < -0.39 is 11.4 Å². The molecule has 0 radical (unpaired) electrons. The first-order chi connectivity index (χ1) is 7.95. The van der Waals surface area contributed by atoms with Crippen molar-refractivity contribution in [1.29, 1.82) is 0 Å². The molecule has 0 spiro atoms. The van der Waals surface area contributed by atoms with Crippen LogP contribution < -0.4 is 0 Å². The smallest absolute Gasteiger partial charge is 0.314 e. The molecule has 1 aliphatic carbocycles. The summed E-state index contributed by atoms with van der Waals surface area (Å²) >= 11 is 7.89. The third-order valence-electron chi connectivity index (χ3n) is 3.01. The van der Waals surface area contributed by atoms with Crippen molar-refractivity contribution in [1.82, 2.24) is 0 Å². The highest BCUT2D eigenvalue weighted by molar-refractivity contribution is 8.00. The minimum absolute atomic E-state index is 0.465. The predicted molar refractivity (Wildman–Crippen MR) is 71.0 cm³/mol. The Balaban J connectivity index is 2.28. The Morgan fingerprint density at radius 2 is 2.12 bits per heavy atom. The second-order valence-corrected chi connectivity index (χ2v) is 6.72. The number of hydrogen-bond donors (Lipinski definition) is 1. The highest BCUT2D eigenvalue weighted by Gasteiger charge is 2.51. The zero-order valence-corrected chi connectivity index (χ0v) is 11.4. The summed E-state index contributed by atoms with van der Waals surface area (Å²) in [4.78, 5) is 12.2. The van der Waals surface area contributed by atoms with Gasteiger partial charge in [0, 0.05) is 10.1 Å². The molecule has 4 heteroatoms. The van der Waals surface area contributed by atoms with Crippen molar-refractivity contribution in [3.8, 4) is 0 Å². The highest BCUT2D eigenvalue weighted by Crippen LogP contribution is 2.49. The van der Waals surface area contributed by atoms with Crippen LogP contribution in [0.15, 0.2) is 23.1 Å². The van der Waals surface area contributed by atoms with Crippen LogP contribution in [0.2, 0.25) is 5.02 Å². The van der Waals surface area contributed by atoms with Crippen molar-refractivity contribution in [3.63, 3.8) is 0 Å². The number of halogens is 1. The summed E-state index contributed by atoms with van der Waals surface area (Å²) in [6.07, 6.45) is 1.44. The van der Waals surface area contributed by atoms with Gasteiger partial charge >= 0.3 is 5.97 Å². The molecule has 0 aliphatic heterocycles. The summed E-state index contributed by atoms with van der Waals surface area (Å²) in [5.74, 6) is -0.738. The van der Waals surface area contributed by atoms with Crippen molar-refractivity contribution in [2.24, 2.45) is 0 Å². The molecule has 0 saturated heterocycles. The third-order valence-corrected chi connectivity index (χ3v) is 4.51. The van der Waals surface area contributed by atoms with Crippen molar-refractivity contribution in [2.75, 3.05) is 0 Å². The van der Waals surface area contributed by atoms with Gasteiger partial charge in [-0.1, -0.05) is 31.5 Å². The zero-order valence-electron chi connectivity index (χ0n) is 9.87. The van der Waals surface area contributed by atoms with Gasteiger partial charge in [0.25, 0.3) is 0 Å². The van der Waals surface area contributed by atoms with Gasteiger partial charge in [0.05, 0.1) is 10.4 Å². The first kappa shape index (κ1) is 12.8. The van der Waals surface area contributed by atoms with Crippen LogP contribution in [0, 0.1) is 0 Å². The molecule has 1 aliphatic rings. The number of benzene rings is 1. The molecule has 0 bridgehead atoms. The fourth-order valence-corrected chi connectivity index (χ4v) is 3.04. The van der Waals surface area contributed by atoms with Crippen LogP contribution in [0.25, 0.3) is 0 Å². The molecule has 2 nitrogen and oxygen atoms in total. The lowest BCUT2D eigenvalue weighted by Gasteiger charge is -2.13. The van der Waals surface area contributed by atoms with Crippen LogP contribution in [0.3, 0.4) is 0 Å². The topological polar surface area (TPSA) is 37.3 Å². The normalized spacial score (nSPS) is 17.2. The van der Waals surface area contributed by atoms with E-state index in [4.69, 9.17) is 11.6 Å². The summed E-state index contributed by atoms with van der Waals surface area (Å²) in [5.41, 5.74) is 0.174. The average molecular weight is 271 g/mol. The lowest BCUT2D eigenvalue weighted by molar-refractivity contribution is -0.140. The van der Waals surface area contributed by atoms with Gasteiger partial charge in [-0.05, 0) is 30.5 Å². The van der Waals surface area contributed by atoms with Gasteiger partial charge in [-0.15, -0.1) is 11.8 Å². The van der Waals surface area contributed by atoms with Gasteiger partial charge < -0.3 is 5.11 Å². The van der Waals surface area contributed by atoms with Crippen LogP contribution in [-0.2, 0) is 10.2 Å². The Bertz CT molecular complexity index is 453. The van der Waals surface area contributed by atoms with Crippen LogP contribution >= 0.6 is 23.4 Å². The van der Waals surface area contributed by atoms with E-state index >= 15 is 0 Å². The maximum atomic E-state index is 11.2. The van der Waals surface area contributed by atoms with Gasteiger partial charge in [0.2, 0.25) is 0 Å². The molecule has 92 valence electrons. The Hall–Kier alpha value is -0.670. The molecular formula is C13H15ClO2S. The van der Waals surface area contributed by atoms with E-state index in [-0.39, 0.29) is 0 Å². The predicted octanol–water partition coefficient (Wildman–Crippen LogP) is 3.96. The summed E-state index contributed by atoms with van der Waals surface area (Å²) < 4.78 is 0. The first-order valence-electron chi connectivity index (χ1n) is 5.66. The summed E-state index contributed by atoms with van der Waals surface area (Å²) in [7, 11) is 0. The molecule has 1 N–H and O–H groups in total. The van der Waals surface area contributed by atoms with Crippen molar-refractivity contribution in [2.45, 2.75) is 42.2 Å². The average Bonchev–Trinajstić information content (AvgIpc) is 3.01. The van der Waals surface area contributed by atoms with Gasteiger partial charge in [0.1, 0.15) is 0 Å². The van der Waals surface area contributed by atoms with E-state index in [9.17, 15) is 9.90 Å². The van der Waals surface area contributed by atoms with Crippen LogP contribution in [-0.4, -0.2) is 16.3 Å². The second kappa shape index (κ2) is 4.54. The van der Waals surface area contributed by atoms with E-state index in [1.54, 1.807) is 11.8 Å². The molecule has 1 aromatic rings. The number of hydrogen-bond acceptors (Lipinski definition) is 2. The standard InChI is InChI=1S/C13H15ClO2S/c1-8(2)17-11-4-3-9(7-10(11)14)13(5-6-13)12(15)16/h3-4,7-8H,5-6H2,1-2H3,(H,15,16). The first-order valence-corrected chi connectivity index (χ1v) is 6.91. The van der Waals surface area contributed by atoms with E-state index in [0.29, 0.717) is 10.3 Å². The fraction of sp³-hybridized carbons (Fsp3) is 0.462. The SMILES string of the molecule is CC(C)Sc1ccc(C2(C(=O)O)CC2)cc1Cl. The zero-order chi connectivity index (χ0) is 12.6. The Kier molecular flexibility index (Phi) is 3.41. The maximum absolute atomic E-state index is 11.2. The third kappa shape index (κ3) is 2.45. The Morgan fingerprint density at radius 1 is 1.47 bits per heavy atom. The van der Waals surface area contributed by atoms with Gasteiger partial charge in [-0.2, -0.15) is 0 Å². The number of carboxylic acids is 1. The van der Waals surface area contributed by atoms with E-state index in [0.717, 1.165) is 23.3 Å². The number of thioether (sulfide) groups is 1. The monoisotopic (exact) mass is 270 g/mol. The van der Waals surface area contributed by atoms with Crippen LogP contribution in [0.4, 0.5) is 0 Å². The summed E-state index contributed by atoms with van der Waals surface area (Å²) in [6, 6.07) is 5.65. The summed E-state index contributed by atoms with van der Waals surface area (Å²) in [5, 5.41) is 10.3. The molecule has 0 heterocycles. The molecule has 0 aromatic heterocycles. The largest absolute Gasteiger partial charge is 0.481 e.